The molecule has 1 aliphatic heterocycles. The molecule has 180 valence electrons. The number of hydrogen-bond donors (Lipinski definition) is 2. The van der Waals surface area contributed by atoms with Gasteiger partial charge in [0.15, 0.2) is 5.69 Å². The lowest BCUT2D eigenvalue weighted by Gasteiger charge is -2.26. The van der Waals surface area contributed by atoms with Crippen LogP contribution in [-0.4, -0.2) is 50.6 Å². The number of ether oxygens (including phenoxy) is 1. The van der Waals surface area contributed by atoms with Crippen molar-refractivity contribution in [3.8, 4) is 5.88 Å². The number of alkyl halides is 4. The van der Waals surface area contributed by atoms with Crippen LogP contribution < -0.4 is 15.4 Å². The molecule has 0 radical (unpaired) electrons. The van der Waals surface area contributed by atoms with Gasteiger partial charge >= 0.3 is 6.18 Å². The molecule has 0 spiro atoms. The van der Waals surface area contributed by atoms with E-state index in [1.165, 1.54) is 6.20 Å². The highest BCUT2D eigenvalue weighted by atomic mass is 32.1. The van der Waals surface area contributed by atoms with Gasteiger partial charge in [-0.15, -0.1) is 0 Å². The van der Waals surface area contributed by atoms with Gasteiger partial charge in [0.25, 0.3) is 5.91 Å². The molecular formula is C21H20F4N6O2S. The van der Waals surface area contributed by atoms with Gasteiger partial charge in [-0.25, -0.2) is 14.4 Å². The lowest BCUT2D eigenvalue weighted by Crippen LogP contribution is -2.44. The van der Waals surface area contributed by atoms with Gasteiger partial charge in [-0.05, 0) is 37.5 Å². The third kappa shape index (κ3) is 5.65. The van der Waals surface area contributed by atoms with E-state index in [9.17, 15) is 22.4 Å². The number of rotatable bonds is 6. The van der Waals surface area contributed by atoms with Gasteiger partial charge in [0.05, 0.1) is 35.0 Å². The SMILES string of the molecule is Cc1nsc(Cc2cnc(C(F)(F)F)cn2)c1C(=O)Nc1ccc(O[C@@H]2CCNC[C@@H]2F)nc1. The summed E-state index contributed by atoms with van der Waals surface area (Å²) in [6.07, 6.45) is -2.56. The van der Waals surface area contributed by atoms with Gasteiger partial charge in [-0.3, -0.25) is 9.78 Å². The molecule has 3 aromatic heterocycles. The Hall–Kier alpha value is -3.19. The summed E-state index contributed by atoms with van der Waals surface area (Å²) in [5.41, 5.74) is 0.368. The maximum atomic E-state index is 13.9. The van der Waals surface area contributed by atoms with Crippen molar-refractivity contribution in [3.63, 3.8) is 0 Å². The summed E-state index contributed by atoms with van der Waals surface area (Å²) in [5.74, 6) is -0.193. The molecule has 13 heteroatoms. The quantitative estimate of drug-likeness (QED) is 0.503. The highest BCUT2D eigenvalue weighted by Crippen LogP contribution is 2.28. The molecule has 1 fully saturated rings. The molecule has 2 N–H and O–H groups in total. The molecule has 4 heterocycles. The van der Waals surface area contributed by atoms with Crippen LogP contribution in [0.5, 0.6) is 5.88 Å². The molecule has 1 aliphatic rings. The topological polar surface area (TPSA) is 102 Å². The third-order valence-corrected chi connectivity index (χ3v) is 6.05. The number of anilines is 1. The minimum atomic E-state index is -4.58. The van der Waals surface area contributed by atoms with Crippen molar-refractivity contribution in [1.29, 1.82) is 0 Å². The van der Waals surface area contributed by atoms with E-state index in [-0.39, 0.29) is 24.5 Å². The van der Waals surface area contributed by atoms with E-state index in [1.807, 2.05) is 0 Å². The van der Waals surface area contributed by atoms with Crippen LogP contribution >= 0.6 is 11.5 Å². The Labute approximate surface area is 196 Å². The van der Waals surface area contributed by atoms with Crippen LogP contribution in [0.2, 0.25) is 0 Å². The van der Waals surface area contributed by atoms with Crippen LogP contribution in [0, 0.1) is 6.92 Å². The van der Waals surface area contributed by atoms with Crippen LogP contribution in [0.15, 0.2) is 30.7 Å². The zero-order chi connectivity index (χ0) is 24.3. The third-order valence-electron chi connectivity index (χ3n) is 5.11. The number of aryl methyl sites for hydroxylation is 1. The van der Waals surface area contributed by atoms with Crippen molar-refractivity contribution in [3.05, 3.63) is 58.2 Å². The highest BCUT2D eigenvalue weighted by molar-refractivity contribution is 7.06. The van der Waals surface area contributed by atoms with E-state index < -0.39 is 30.1 Å². The zero-order valence-corrected chi connectivity index (χ0v) is 18.7. The fourth-order valence-electron chi connectivity index (χ4n) is 3.39. The van der Waals surface area contributed by atoms with Crippen LogP contribution in [0.1, 0.15) is 38.7 Å². The molecule has 0 aromatic carbocycles. The molecular weight excluding hydrogens is 476 g/mol. The molecule has 3 aromatic rings. The molecule has 8 nitrogen and oxygen atoms in total. The number of amides is 1. The van der Waals surface area contributed by atoms with Crippen LogP contribution in [0.3, 0.4) is 0 Å². The first-order valence-corrected chi connectivity index (χ1v) is 11.1. The Morgan fingerprint density at radius 1 is 1.24 bits per heavy atom. The van der Waals surface area contributed by atoms with E-state index in [0.29, 0.717) is 41.0 Å². The molecule has 0 aliphatic carbocycles. The maximum Gasteiger partial charge on any atom is 0.434 e. The summed E-state index contributed by atoms with van der Waals surface area (Å²) in [6.45, 7) is 2.55. The maximum absolute atomic E-state index is 13.9. The molecule has 0 unspecified atom stereocenters. The summed E-state index contributed by atoms with van der Waals surface area (Å²) >= 11 is 1.06. The van der Waals surface area contributed by atoms with Gasteiger partial charge in [0.2, 0.25) is 5.88 Å². The number of halogens is 4. The first kappa shape index (κ1) is 24.0. The number of pyridine rings is 1. The van der Waals surface area contributed by atoms with Gasteiger partial charge in [-0.1, -0.05) is 0 Å². The molecule has 1 saturated heterocycles. The van der Waals surface area contributed by atoms with Crippen molar-refractivity contribution in [1.82, 2.24) is 24.6 Å². The largest absolute Gasteiger partial charge is 0.471 e. The lowest BCUT2D eigenvalue weighted by atomic mass is 10.1. The molecule has 4 rings (SSSR count). The van der Waals surface area contributed by atoms with Crippen molar-refractivity contribution in [2.24, 2.45) is 0 Å². The summed E-state index contributed by atoms with van der Waals surface area (Å²) < 4.78 is 61.8. The molecule has 0 bridgehead atoms. The zero-order valence-electron chi connectivity index (χ0n) is 17.9. The van der Waals surface area contributed by atoms with Crippen LogP contribution in [0.25, 0.3) is 0 Å². The second-order valence-corrected chi connectivity index (χ2v) is 8.50. The van der Waals surface area contributed by atoms with Crippen molar-refractivity contribution < 1.29 is 27.1 Å². The van der Waals surface area contributed by atoms with E-state index in [2.05, 4.69) is 30.0 Å². The number of carbonyl (C=O) groups excluding carboxylic acids is 1. The molecule has 2 atom stereocenters. The smallest absolute Gasteiger partial charge is 0.434 e. The summed E-state index contributed by atoms with van der Waals surface area (Å²) in [4.78, 5) is 24.8. The fourth-order valence-corrected chi connectivity index (χ4v) is 4.27. The number of piperidine rings is 1. The lowest BCUT2D eigenvalue weighted by molar-refractivity contribution is -0.141. The van der Waals surface area contributed by atoms with Crippen molar-refractivity contribution in [2.45, 2.75) is 38.2 Å². The number of carbonyl (C=O) groups is 1. The fraction of sp³-hybridized carbons (Fsp3) is 0.381. The van der Waals surface area contributed by atoms with Crippen molar-refractivity contribution >= 4 is 23.1 Å². The predicted octanol–water partition coefficient (Wildman–Crippen LogP) is 3.58. The summed E-state index contributed by atoms with van der Waals surface area (Å²) in [7, 11) is 0. The molecule has 34 heavy (non-hydrogen) atoms. The average Bonchev–Trinajstić information content (AvgIpc) is 3.16. The van der Waals surface area contributed by atoms with E-state index in [0.717, 1.165) is 17.7 Å². The molecule has 0 saturated carbocycles. The van der Waals surface area contributed by atoms with Crippen LogP contribution in [-0.2, 0) is 12.6 Å². The van der Waals surface area contributed by atoms with Gasteiger partial charge in [0.1, 0.15) is 12.3 Å². The second kappa shape index (κ2) is 9.97. The number of hydrogen-bond acceptors (Lipinski definition) is 8. The van der Waals surface area contributed by atoms with Crippen molar-refractivity contribution in [2.75, 3.05) is 18.4 Å². The van der Waals surface area contributed by atoms with E-state index in [1.54, 1.807) is 19.1 Å². The van der Waals surface area contributed by atoms with Crippen LogP contribution in [0.4, 0.5) is 23.2 Å². The monoisotopic (exact) mass is 496 g/mol. The minimum absolute atomic E-state index is 0.102. The number of aromatic nitrogens is 4. The van der Waals surface area contributed by atoms with Gasteiger partial charge < -0.3 is 15.4 Å². The average molecular weight is 496 g/mol. The Balaban J connectivity index is 1.42. The molecule has 1 amide bonds. The Bertz CT molecular complexity index is 1140. The second-order valence-electron chi connectivity index (χ2n) is 7.64. The Morgan fingerprint density at radius 2 is 2.06 bits per heavy atom. The summed E-state index contributed by atoms with van der Waals surface area (Å²) in [6, 6.07) is 3.13. The number of nitrogens with zero attached hydrogens (tertiary/aromatic N) is 4. The first-order chi connectivity index (χ1) is 16.2. The van der Waals surface area contributed by atoms with Gasteiger partial charge in [0, 0.05) is 30.1 Å². The Kier molecular flexibility index (Phi) is 7.03. The van der Waals surface area contributed by atoms with E-state index in [4.69, 9.17) is 4.74 Å². The van der Waals surface area contributed by atoms with E-state index >= 15 is 0 Å². The van der Waals surface area contributed by atoms with Gasteiger partial charge in [-0.2, -0.15) is 17.5 Å². The Morgan fingerprint density at radius 3 is 2.71 bits per heavy atom. The highest BCUT2D eigenvalue weighted by Gasteiger charge is 2.33. The first-order valence-electron chi connectivity index (χ1n) is 10.3. The predicted molar refractivity (Wildman–Crippen MR) is 116 cm³/mol. The number of nitrogens with one attached hydrogen (secondary N) is 2. The normalized spacial score (nSPS) is 18.5. The summed E-state index contributed by atoms with van der Waals surface area (Å²) in [5, 5.41) is 5.67. The standard InChI is InChI=1S/C21H20F4N6O2S/c1-11-19(16(34-31-11)6-13-8-28-17(10-27-13)21(23,24)25)20(32)30-12-2-3-18(29-7-12)33-15-4-5-26-9-14(15)22/h2-3,7-8,10,14-15,26H,4-6,9H2,1H3,(H,30,32)/t14-,15+/m0/s1. The minimum Gasteiger partial charge on any atom is -0.471 e.